The Kier molecular flexibility index (Phi) is 7.32. The highest BCUT2D eigenvalue weighted by atomic mass is 79.9. The SMILES string of the molecule is Cc1c(Cl)cccc1NC(=O)/C(C#N)=C/c1c(OCc2ccccc2Br)ccc2ccccc12. The summed E-state index contributed by atoms with van der Waals surface area (Å²) in [5.41, 5.74) is 2.90. The van der Waals surface area contributed by atoms with Crippen molar-refractivity contribution in [1.29, 1.82) is 5.26 Å². The molecule has 4 nitrogen and oxygen atoms in total. The average molecular weight is 532 g/mol. The molecule has 0 atom stereocenters. The Labute approximate surface area is 211 Å². The third kappa shape index (κ3) is 5.14. The van der Waals surface area contributed by atoms with E-state index in [0.717, 1.165) is 26.4 Å². The van der Waals surface area contributed by atoms with E-state index in [1.165, 1.54) is 0 Å². The molecule has 0 aliphatic carbocycles. The molecule has 4 aromatic carbocycles. The summed E-state index contributed by atoms with van der Waals surface area (Å²) in [6, 6.07) is 26.7. The Morgan fingerprint density at radius 2 is 1.82 bits per heavy atom. The number of nitrogens with zero attached hydrogens (tertiary/aromatic N) is 1. The van der Waals surface area contributed by atoms with Crippen molar-refractivity contribution in [1.82, 2.24) is 0 Å². The van der Waals surface area contributed by atoms with Gasteiger partial charge in [0.15, 0.2) is 0 Å². The van der Waals surface area contributed by atoms with Crippen LogP contribution in [0.15, 0.2) is 88.9 Å². The van der Waals surface area contributed by atoms with Crippen LogP contribution in [0.25, 0.3) is 16.8 Å². The van der Waals surface area contributed by atoms with E-state index in [1.807, 2.05) is 73.7 Å². The van der Waals surface area contributed by atoms with E-state index >= 15 is 0 Å². The maximum absolute atomic E-state index is 13.0. The van der Waals surface area contributed by atoms with Crippen molar-refractivity contribution in [2.75, 3.05) is 5.32 Å². The smallest absolute Gasteiger partial charge is 0.266 e. The fourth-order valence-electron chi connectivity index (χ4n) is 3.55. The summed E-state index contributed by atoms with van der Waals surface area (Å²) in [7, 11) is 0. The number of ether oxygens (including phenoxy) is 1. The zero-order valence-electron chi connectivity index (χ0n) is 18.3. The summed E-state index contributed by atoms with van der Waals surface area (Å²) in [4.78, 5) is 13.0. The van der Waals surface area contributed by atoms with Crippen LogP contribution in [0.3, 0.4) is 0 Å². The first kappa shape index (κ1) is 23.6. The van der Waals surface area contributed by atoms with E-state index in [4.69, 9.17) is 16.3 Å². The second kappa shape index (κ2) is 10.6. The normalized spacial score (nSPS) is 11.2. The highest BCUT2D eigenvalue weighted by Gasteiger charge is 2.15. The molecule has 0 bridgehead atoms. The molecule has 0 unspecified atom stereocenters. The number of hydrogen-bond donors (Lipinski definition) is 1. The maximum Gasteiger partial charge on any atom is 0.266 e. The number of amides is 1. The Morgan fingerprint density at radius 3 is 2.62 bits per heavy atom. The van der Waals surface area contributed by atoms with Crippen LogP contribution < -0.4 is 10.1 Å². The van der Waals surface area contributed by atoms with Crippen molar-refractivity contribution in [2.24, 2.45) is 0 Å². The Hall–Kier alpha value is -3.59. The lowest BCUT2D eigenvalue weighted by Gasteiger charge is -2.14. The summed E-state index contributed by atoms with van der Waals surface area (Å²) >= 11 is 9.72. The van der Waals surface area contributed by atoms with Crippen molar-refractivity contribution in [3.8, 4) is 11.8 Å². The molecule has 0 heterocycles. The van der Waals surface area contributed by atoms with Gasteiger partial charge in [-0.25, -0.2) is 0 Å². The van der Waals surface area contributed by atoms with Gasteiger partial charge in [0, 0.05) is 26.3 Å². The monoisotopic (exact) mass is 530 g/mol. The van der Waals surface area contributed by atoms with E-state index in [1.54, 1.807) is 24.3 Å². The van der Waals surface area contributed by atoms with E-state index in [2.05, 4.69) is 21.2 Å². The number of benzene rings is 4. The molecule has 4 rings (SSSR count). The van der Waals surface area contributed by atoms with Gasteiger partial charge in [0.1, 0.15) is 24.0 Å². The minimum absolute atomic E-state index is 0.0403. The lowest BCUT2D eigenvalue weighted by atomic mass is 10.0. The Morgan fingerprint density at radius 1 is 1.06 bits per heavy atom. The van der Waals surface area contributed by atoms with Crippen LogP contribution in [0.2, 0.25) is 5.02 Å². The molecule has 34 heavy (non-hydrogen) atoms. The predicted octanol–water partition coefficient (Wildman–Crippen LogP) is 7.69. The first-order valence-corrected chi connectivity index (χ1v) is 11.7. The predicted molar refractivity (Wildman–Crippen MR) is 141 cm³/mol. The lowest BCUT2D eigenvalue weighted by Crippen LogP contribution is -2.14. The number of carbonyl (C=O) groups excluding carboxylic acids is 1. The van der Waals surface area contributed by atoms with E-state index in [-0.39, 0.29) is 5.57 Å². The van der Waals surface area contributed by atoms with Crippen molar-refractivity contribution < 1.29 is 9.53 Å². The van der Waals surface area contributed by atoms with Crippen molar-refractivity contribution >= 4 is 56.0 Å². The van der Waals surface area contributed by atoms with E-state index in [9.17, 15) is 10.1 Å². The number of hydrogen-bond acceptors (Lipinski definition) is 3. The number of nitrogens with one attached hydrogen (secondary N) is 1. The zero-order chi connectivity index (χ0) is 24.1. The standard InChI is InChI=1S/C28H20BrClN2O2/c1-18-25(30)11-6-12-26(18)32-28(33)21(16-31)15-23-22-9-4-2-7-19(22)13-14-27(23)34-17-20-8-3-5-10-24(20)29/h2-15H,17H2,1H3,(H,32,33)/b21-15+. The Bertz CT molecular complexity index is 1460. The van der Waals surface area contributed by atoms with E-state index < -0.39 is 5.91 Å². The van der Waals surface area contributed by atoms with Gasteiger partial charge in [-0.3, -0.25) is 4.79 Å². The van der Waals surface area contributed by atoms with Crippen molar-refractivity contribution in [3.05, 3.63) is 111 Å². The topological polar surface area (TPSA) is 62.1 Å². The lowest BCUT2D eigenvalue weighted by molar-refractivity contribution is -0.112. The molecule has 168 valence electrons. The van der Waals surface area contributed by atoms with Gasteiger partial charge < -0.3 is 10.1 Å². The van der Waals surface area contributed by atoms with Crippen LogP contribution in [0.4, 0.5) is 5.69 Å². The molecule has 6 heteroatoms. The molecule has 0 saturated carbocycles. The molecule has 0 saturated heterocycles. The molecule has 0 radical (unpaired) electrons. The summed E-state index contributed by atoms with van der Waals surface area (Å²) < 4.78 is 7.10. The van der Waals surface area contributed by atoms with Crippen LogP contribution >= 0.6 is 27.5 Å². The van der Waals surface area contributed by atoms with Crippen LogP contribution in [-0.2, 0) is 11.4 Å². The van der Waals surface area contributed by atoms with Gasteiger partial charge in [0.05, 0.1) is 0 Å². The molecule has 1 N–H and O–H groups in total. The minimum Gasteiger partial charge on any atom is -0.488 e. The highest BCUT2D eigenvalue weighted by molar-refractivity contribution is 9.10. The zero-order valence-corrected chi connectivity index (χ0v) is 20.7. The fraction of sp³-hybridized carbons (Fsp3) is 0.0714. The maximum atomic E-state index is 13.0. The van der Waals surface area contributed by atoms with Gasteiger partial charge in [-0.2, -0.15) is 5.26 Å². The molecule has 0 aromatic heterocycles. The van der Waals surface area contributed by atoms with Gasteiger partial charge in [-0.05, 0) is 53.6 Å². The van der Waals surface area contributed by atoms with Gasteiger partial charge in [0.25, 0.3) is 5.91 Å². The number of halogens is 2. The van der Waals surface area contributed by atoms with Crippen molar-refractivity contribution in [2.45, 2.75) is 13.5 Å². The quantitative estimate of drug-likeness (QED) is 0.205. The number of carbonyl (C=O) groups is 1. The minimum atomic E-state index is -0.516. The second-order valence-electron chi connectivity index (χ2n) is 7.61. The van der Waals surface area contributed by atoms with Gasteiger partial charge >= 0.3 is 0 Å². The molecule has 0 aliphatic heterocycles. The molecule has 0 aliphatic rings. The number of fused-ring (bicyclic) bond motifs is 1. The first-order chi connectivity index (χ1) is 16.5. The summed E-state index contributed by atoms with van der Waals surface area (Å²) in [5.74, 6) is 0.0616. The molecule has 0 spiro atoms. The number of rotatable bonds is 6. The third-order valence-electron chi connectivity index (χ3n) is 5.44. The van der Waals surface area contributed by atoms with Gasteiger partial charge in [0.2, 0.25) is 0 Å². The molecule has 4 aromatic rings. The number of nitriles is 1. The number of anilines is 1. The van der Waals surface area contributed by atoms with Crippen molar-refractivity contribution in [3.63, 3.8) is 0 Å². The molecule has 0 fully saturated rings. The van der Waals surface area contributed by atoms with Gasteiger partial charge in [-0.1, -0.05) is 82.1 Å². The second-order valence-corrected chi connectivity index (χ2v) is 8.88. The third-order valence-corrected chi connectivity index (χ3v) is 6.62. The van der Waals surface area contributed by atoms with Gasteiger partial charge in [-0.15, -0.1) is 0 Å². The Balaban J connectivity index is 1.72. The largest absolute Gasteiger partial charge is 0.488 e. The van der Waals surface area contributed by atoms with Crippen LogP contribution in [-0.4, -0.2) is 5.91 Å². The summed E-state index contributed by atoms with van der Waals surface area (Å²) in [6.45, 7) is 2.14. The average Bonchev–Trinajstić information content (AvgIpc) is 2.85. The van der Waals surface area contributed by atoms with Crippen LogP contribution in [0.5, 0.6) is 5.75 Å². The summed E-state index contributed by atoms with van der Waals surface area (Å²) in [5, 5.41) is 15.0. The highest BCUT2D eigenvalue weighted by Crippen LogP contribution is 2.32. The summed E-state index contributed by atoms with van der Waals surface area (Å²) in [6.07, 6.45) is 1.58. The first-order valence-electron chi connectivity index (χ1n) is 10.5. The molecular formula is C28H20BrClN2O2. The van der Waals surface area contributed by atoms with E-state index in [0.29, 0.717) is 28.6 Å². The van der Waals surface area contributed by atoms with Crippen LogP contribution in [0.1, 0.15) is 16.7 Å². The molecular weight excluding hydrogens is 512 g/mol. The van der Waals surface area contributed by atoms with Crippen LogP contribution in [0, 0.1) is 18.3 Å². The molecule has 1 amide bonds. The fourth-order valence-corrected chi connectivity index (χ4v) is 4.12.